The summed E-state index contributed by atoms with van der Waals surface area (Å²) in [6.07, 6.45) is 1.46. The van der Waals surface area contributed by atoms with E-state index in [2.05, 4.69) is 9.71 Å². The first kappa shape index (κ1) is 13.1. The van der Waals surface area contributed by atoms with Gasteiger partial charge in [0.15, 0.2) is 5.03 Å². The third-order valence-electron chi connectivity index (χ3n) is 2.30. The fraction of sp³-hybridized carbons (Fsp3) is 0.667. The topological polar surface area (TPSA) is 84.2 Å². The lowest BCUT2D eigenvalue weighted by Gasteiger charge is -2.08. The number of aryl methyl sites for hydroxylation is 2. The Bertz CT molecular complexity index is 433. The highest BCUT2D eigenvalue weighted by molar-refractivity contribution is 7.89. The summed E-state index contributed by atoms with van der Waals surface area (Å²) in [5.74, 6) is 0.523. The third-order valence-corrected chi connectivity index (χ3v) is 3.59. The fourth-order valence-corrected chi connectivity index (χ4v) is 2.25. The van der Waals surface area contributed by atoms with Crippen molar-refractivity contribution in [2.24, 2.45) is 13.0 Å². The molecule has 1 heterocycles. The van der Waals surface area contributed by atoms with E-state index < -0.39 is 10.0 Å². The number of nitrogens with zero attached hydrogens (tertiary/aromatic N) is 2. The molecule has 0 saturated heterocycles. The lowest BCUT2D eigenvalue weighted by molar-refractivity contribution is 0.238. The summed E-state index contributed by atoms with van der Waals surface area (Å²) in [5, 5.41) is 8.81. The van der Waals surface area contributed by atoms with E-state index in [-0.39, 0.29) is 24.1 Å². The highest BCUT2D eigenvalue weighted by atomic mass is 32.2. The van der Waals surface area contributed by atoms with Crippen LogP contribution in [0.3, 0.4) is 0 Å². The predicted molar refractivity (Wildman–Crippen MR) is 59.4 cm³/mol. The van der Waals surface area contributed by atoms with Crippen LogP contribution in [0.25, 0.3) is 0 Å². The Kier molecular flexibility index (Phi) is 4.06. The summed E-state index contributed by atoms with van der Waals surface area (Å²) >= 11 is 0. The minimum atomic E-state index is -3.56. The van der Waals surface area contributed by atoms with Gasteiger partial charge < -0.3 is 9.67 Å². The van der Waals surface area contributed by atoms with Gasteiger partial charge in [-0.05, 0) is 12.8 Å². The van der Waals surface area contributed by atoms with Crippen LogP contribution in [0.5, 0.6) is 0 Å². The Balaban J connectivity index is 2.78. The first-order chi connectivity index (χ1) is 7.36. The molecule has 1 rings (SSSR count). The van der Waals surface area contributed by atoms with Gasteiger partial charge >= 0.3 is 0 Å². The molecule has 16 heavy (non-hydrogen) atoms. The average Bonchev–Trinajstić information content (AvgIpc) is 2.56. The van der Waals surface area contributed by atoms with E-state index in [0.717, 1.165) is 0 Å². The van der Waals surface area contributed by atoms with Gasteiger partial charge in [0.25, 0.3) is 10.0 Å². The molecule has 0 aliphatic rings. The van der Waals surface area contributed by atoms with E-state index >= 15 is 0 Å². The number of hydrogen-bond donors (Lipinski definition) is 2. The molecule has 0 bridgehead atoms. The highest BCUT2D eigenvalue weighted by Gasteiger charge is 2.18. The quantitative estimate of drug-likeness (QED) is 0.744. The van der Waals surface area contributed by atoms with E-state index in [4.69, 9.17) is 5.11 Å². The molecular formula is C9H17N3O3S. The summed E-state index contributed by atoms with van der Waals surface area (Å²) in [6.45, 7) is 3.64. The van der Waals surface area contributed by atoms with Crippen LogP contribution >= 0.6 is 0 Å². The molecule has 0 aliphatic carbocycles. The summed E-state index contributed by atoms with van der Waals surface area (Å²) in [7, 11) is -1.83. The van der Waals surface area contributed by atoms with Crippen LogP contribution in [0.15, 0.2) is 11.2 Å². The Morgan fingerprint density at radius 3 is 2.69 bits per heavy atom. The van der Waals surface area contributed by atoms with E-state index in [1.807, 2.05) is 0 Å². The molecule has 0 spiro atoms. The summed E-state index contributed by atoms with van der Waals surface area (Å²) < 4.78 is 27.5. The number of sulfonamides is 1. The van der Waals surface area contributed by atoms with Crippen molar-refractivity contribution < 1.29 is 13.5 Å². The minimum absolute atomic E-state index is 0.0117. The van der Waals surface area contributed by atoms with Gasteiger partial charge in [0.1, 0.15) is 5.82 Å². The summed E-state index contributed by atoms with van der Waals surface area (Å²) in [5.41, 5.74) is 0. The SMILES string of the molecule is Cc1nc(S(=O)(=O)NCC(C)CO)cn1C. The van der Waals surface area contributed by atoms with Crippen LogP contribution in [0.1, 0.15) is 12.7 Å². The van der Waals surface area contributed by atoms with E-state index in [9.17, 15) is 8.42 Å². The van der Waals surface area contributed by atoms with E-state index in [1.54, 1.807) is 25.5 Å². The van der Waals surface area contributed by atoms with Crippen LogP contribution in [0.2, 0.25) is 0 Å². The predicted octanol–water partition coefficient (Wildman–Crippen LogP) is -0.365. The Morgan fingerprint density at radius 2 is 2.25 bits per heavy atom. The second kappa shape index (κ2) is 4.94. The maximum absolute atomic E-state index is 11.7. The molecule has 1 aromatic rings. The molecule has 92 valence electrons. The Morgan fingerprint density at radius 1 is 1.62 bits per heavy atom. The first-order valence-electron chi connectivity index (χ1n) is 4.97. The molecule has 0 aromatic carbocycles. The molecular weight excluding hydrogens is 230 g/mol. The molecule has 1 atom stereocenters. The van der Waals surface area contributed by atoms with Crippen LogP contribution in [-0.2, 0) is 17.1 Å². The van der Waals surface area contributed by atoms with Crippen molar-refractivity contribution >= 4 is 10.0 Å². The van der Waals surface area contributed by atoms with Crippen molar-refractivity contribution in [2.75, 3.05) is 13.2 Å². The van der Waals surface area contributed by atoms with E-state index in [0.29, 0.717) is 5.82 Å². The van der Waals surface area contributed by atoms with Crippen molar-refractivity contribution in [3.05, 3.63) is 12.0 Å². The fourth-order valence-electron chi connectivity index (χ4n) is 1.05. The zero-order chi connectivity index (χ0) is 12.3. The number of nitrogens with one attached hydrogen (secondary N) is 1. The van der Waals surface area contributed by atoms with Crippen molar-refractivity contribution in [1.29, 1.82) is 0 Å². The van der Waals surface area contributed by atoms with Gasteiger partial charge in [0, 0.05) is 26.4 Å². The second-order valence-corrected chi connectivity index (χ2v) is 5.59. The standard InChI is InChI=1S/C9H17N3O3S/c1-7(6-13)4-10-16(14,15)9-5-12(3)8(2)11-9/h5,7,10,13H,4,6H2,1-3H3. The number of rotatable bonds is 5. The number of hydrogen-bond acceptors (Lipinski definition) is 4. The van der Waals surface area contributed by atoms with Crippen LogP contribution in [0, 0.1) is 12.8 Å². The number of aliphatic hydroxyl groups excluding tert-OH is 1. The molecule has 0 radical (unpaired) electrons. The molecule has 6 nitrogen and oxygen atoms in total. The third kappa shape index (κ3) is 3.03. The molecule has 0 fully saturated rings. The molecule has 1 unspecified atom stereocenters. The zero-order valence-electron chi connectivity index (χ0n) is 9.64. The van der Waals surface area contributed by atoms with Crippen molar-refractivity contribution in [2.45, 2.75) is 18.9 Å². The van der Waals surface area contributed by atoms with Gasteiger partial charge in [-0.3, -0.25) is 0 Å². The summed E-state index contributed by atoms with van der Waals surface area (Å²) in [6, 6.07) is 0. The van der Waals surface area contributed by atoms with Crippen molar-refractivity contribution in [3.63, 3.8) is 0 Å². The molecule has 7 heteroatoms. The first-order valence-corrected chi connectivity index (χ1v) is 6.45. The number of aliphatic hydroxyl groups is 1. The van der Waals surface area contributed by atoms with Crippen LogP contribution in [-0.4, -0.2) is 36.2 Å². The molecule has 1 aromatic heterocycles. The van der Waals surface area contributed by atoms with Gasteiger partial charge in [-0.25, -0.2) is 18.1 Å². The zero-order valence-corrected chi connectivity index (χ0v) is 10.5. The second-order valence-electron chi connectivity index (χ2n) is 3.88. The maximum atomic E-state index is 11.7. The van der Waals surface area contributed by atoms with Crippen LogP contribution in [0.4, 0.5) is 0 Å². The van der Waals surface area contributed by atoms with Gasteiger partial charge in [-0.2, -0.15) is 0 Å². The maximum Gasteiger partial charge on any atom is 0.259 e. The molecule has 0 aliphatic heterocycles. The lowest BCUT2D eigenvalue weighted by atomic mass is 10.2. The minimum Gasteiger partial charge on any atom is -0.396 e. The largest absolute Gasteiger partial charge is 0.396 e. The average molecular weight is 247 g/mol. The summed E-state index contributed by atoms with van der Waals surface area (Å²) in [4.78, 5) is 3.94. The van der Waals surface area contributed by atoms with Gasteiger partial charge in [0.2, 0.25) is 0 Å². The van der Waals surface area contributed by atoms with Crippen molar-refractivity contribution in [1.82, 2.24) is 14.3 Å². The monoisotopic (exact) mass is 247 g/mol. The van der Waals surface area contributed by atoms with Crippen LogP contribution < -0.4 is 4.72 Å². The molecule has 0 amide bonds. The lowest BCUT2D eigenvalue weighted by Crippen LogP contribution is -2.29. The number of imidazole rings is 1. The molecule has 2 N–H and O–H groups in total. The van der Waals surface area contributed by atoms with Gasteiger partial charge in [0.05, 0.1) is 0 Å². The Labute approximate surface area is 95.4 Å². The smallest absolute Gasteiger partial charge is 0.259 e. The van der Waals surface area contributed by atoms with E-state index in [1.165, 1.54) is 6.20 Å². The molecule has 0 saturated carbocycles. The van der Waals surface area contributed by atoms with Gasteiger partial charge in [-0.15, -0.1) is 0 Å². The Hall–Kier alpha value is -0.920. The number of aromatic nitrogens is 2. The highest BCUT2D eigenvalue weighted by Crippen LogP contribution is 2.07. The van der Waals surface area contributed by atoms with Gasteiger partial charge in [-0.1, -0.05) is 6.92 Å². The van der Waals surface area contributed by atoms with Crippen molar-refractivity contribution in [3.8, 4) is 0 Å². The normalized spacial score (nSPS) is 14.0.